The van der Waals surface area contributed by atoms with Crippen LogP contribution in [0.2, 0.25) is 0 Å². The Morgan fingerprint density at radius 3 is 2.26 bits per heavy atom. The molecule has 292 valence electrons. The van der Waals surface area contributed by atoms with Gasteiger partial charge in [-0.25, -0.2) is 4.79 Å². The minimum Gasteiger partial charge on any atom is -0.495 e. The minimum absolute atomic E-state index is 0.232. The van der Waals surface area contributed by atoms with Crippen molar-refractivity contribution in [3.8, 4) is 17.2 Å². The van der Waals surface area contributed by atoms with Crippen LogP contribution in [-0.2, 0) is 14.3 Å². The molecule has 3 aromatic rings. The summed E-state index contributed by atoms with van der Waals surface area (Å²) in [4.78, 5) is 63.6. The van der Waals surface area contributed by atoms with Crippen molar-refractivity contribution >= 4 is 41.1 Å². The molecule has 0 aliphatic heterocycles. The van der Waals surface area contributed by atoms with E-state index in [0.717, 1.165) is 12.0 Å². The first-order valence-corrected chi connectivity index (χ1v) is 17.9. The molecule has 0 saturated heterocycles. The number of ether oxygens (including phenoxy) is 4. The second-order valence-corrected chi connectivity index (χ2v) is 13.7. The maximum Gasteiger partial charge on any atom is 0.407 e. The van der Waals surface area contributed by atoms with Crippen LogP contribution < -0.4 is 40.8 Å². The van der Waals surface area contributed by atoms with Gasteiger partial charge < -0.3 is 45.5 Å². The van der Waals surface area contributed by atoms with Crippen molar-refractivity contribution in [1.82, 2.24) is 10.6 Å². The fraction of sp³-hybridized carbons (Fsp3) is 0.425. The lowest BCUT2D eigenvalue weighted by atomic mass is 10.1. The van der Waals surface area contributed by atoms with Crippen molar-refractivity contribution < 1.29 is 42.9 Å². The number of para-hydroxylation sites is 1. The molecule has 1 atom stereocenters. The molecule has 0 spiro atoms. The van der Waals surface area contributed by atoms with Gasteiger partial charge in [-0.15, -0.1) is 0 Å². The summed E-state index contributed by atoms with van der Waals surface area (Å²) in [6.07, 6.45) is 2.28. The van der Waals surface area contributed by atoms with E-state index in [0.29, 0.717) is 66.4 Å². The van der Waals surface area contributed by atoms with E-state index in [1.54, 1.807) is 77.2 Å². The van der Waals surface area contributed by atoms with Gasteiger partial charge in [0, 0.05) is 25.6 Å². The number of nitrogens with zero attached hydrogens (tertiary/aromatic N) is 1. The van der Waals surface area contributed by atoms with Crippen LogP contribution in [0, 0.1) is 6.92 Å². The summed E-state index contributed by atoms with van der Waals surface area (Å²) in [5, 5.41) is 8.09. The molecule has 0 aliphatic rings. The third-order valence-electron chi connectivity index (χ3n) is 7.97. The predicted octanol–water partition coefficient (Wildman–Crippen LogP) is 5.76. The van der Waals surface area contributed by atoms with Gasteiger partial charge in [-0.3, -0.25) is 19.2 Å². The number of hydrogen-bond acceptors (Lipinski definition) is 9. The quantitative estimate of drug-likeness (QED) is 0.111. The maximum atomic E-state index is 13.7. The second-order valence-electron chi connectivity index (χ2n) is 13.7. The van der Waals surface area contributed by atoms with Gasteiger partial charge in [0.05, 0.1) is 37.3 Å². The number of carbonyl (C=O) groups is 5. The van der Waals surface area contributed by atoms with E-state index < -0.39 is 29.6 Å². The minimum atomic E-state index is -0.714. The zero-order valence-electron chi connectivity index (χ0n) is 32.2. The molecule has 5 amide bonds. The van der Waals surface area contributed by atoms with Crippen molar-refractivity contribution in [2.24, 2.45) is 5.73 Å². The van der Waals surface area contributed by atoms with Crippen LogP contribution in [-0.4, -0.2) is 75.3 Å². The Kier molecular flexibility index (Phi) is 16.1. The van der Waals surface area contributed by atoms with Gasteiger partial charge in [0.2, 0.25) is 11.8 Å². The molecule has 1 unspecified atom stereocenters. The van der Waals surface area contributed by atoms with Crippen LogP contribution in [0.1, 0.15) is 86.1 Å². The topological polar surface area (TPSA) is 188 Å². The average molecular weight is 748 g/mol. The molecule has 0 bridgehead atoms. The van der Waals surface area contributed by atoms with Crippen LogP contribution in [0.25, 0.3) is 0 Å². The summed E-state index contributed by atoms with van der Waals surface area (Å²) >= 11 is 0. The summed E-state index contributed by atoms with van der Waals surface area (Å²) < 4.78 is 22.8. The highest BCUT2D eigenvalue weighted by Gasteiger charge is 2.21. The van der Waals surface area contributed by atoms with Gasteiger partial charge in [-0.05, 0) is 108 Å². The second kappa shape index (κ2) is 20.5. The Hall–Kier alpha value is -5.79. The van der Waals surface area contributed by atoms with Crippen LogP contribution in [0.5, 0.6) is 17.2 Å². The number of carbonyl (C=O) groups excluding carboxylic acids is 5. The van der Waals surface area contributed by atoms with Gasteiger partial charge in [-0.1, -0.05) is 18.2 Å². The van der Waals surface area contributed by atoms with Gasteiger partial charge in [0.1, 0.15) is 28.9 Å². The number of aryl methyl sites for hydroxylation is 1. The number of anilines is 2. The monoisotopic (exact) mass is 747 g/mol. The third-order valence-corrected chi connectivity index (χ3v) is 7.97. The highest BCUT2D eigenvalue weighted by Crippen LogP contribution is 2.32. The molecule has 0 heterocycles. The van der Waals surface area contributed by atoms with Gasteiger partial charge in [-0.2, -0.15) is 0 Å². The van der Waals surface area contributed by atoms with Crippen molar-refractivity contribution in [2.45, 2.75) is 78.4 Å². The van der Waals surface area contributed by atoms with Crippen LogP contribution in [0.15, 0.2) is 60.7 Å². The Bertz CT molecular complexity index is 1770. The summed E-state index contributed by atoms with van der Waals surface area (Å²) in [5.41, 5.74) is 7.11. The van der Waals surface area contributed by atoms with Gasteiger partial charge >= 0.3 is 6.09 Å². The number of alkyl carbamates (subject to hydrolysis) is 1. The lowest BCUT2D eigenvalue weighted by molar-refractivity contribution is -0.127. The number of methoxy groups -OCH3 is 1. The van der Waals surface area contributed by atoms with E-state index in [-0.39, 0.29) is 30.6 Å². The molecule has 14 heteroatoms. The Morgan fingerprint density at radius 2 is 1.56 bits per heavy atom. The predicted molar refractivity (Wildman–Crippen MR) is 206 cm³/mol. The lowest BCUT2D eigenvalue weighted by Gasteiger charge is -2.22. The van der Waals surface area contributed by atoms with E-state index in [4.69, 9.17) is 24.7 Å². The number of nitrogens with two attached hydrogens (primary N) is 1. The molecular formula is C40H53N5O9. The van der Waals surface area contributed by atoms with Crippen LogP contribution in [0.3, 0.4) is 0 Å². The van der Waals surface area contributed by atoms with Gasteiger partial charge in [0.25, 0.3) is 11.8 Å². The smallest absolute Gasteiger partial charge is 0.407 e. The fourth-order valence-electron chi connectivity index (χ4n) is 5.10. The number of benzene rings is 3. The normalized spacial score (nSPS) is 11.5. The molecule has 0 radical (unpaired) electrons. The van der Waals surface area contributed by atoms with Crippen LogP contribution in [0.4, 0.5) is 16.2 Å². The summed E-state index contributed by atoms with van der Waals surface area (Å²) in [6, 6.07) is 16.4. The van der Waals surface area contributed by atoms with E-state index in [1.807, 2.05) is 25.1 Å². The molecule has 0 aliphatic carbocycles. The van der Waals surface area contributed by atoms with E-state index in [2.05, 4.69) is 16.0 Å². The number of primary amides is 1. The van der Waals surface area contributed by atoms with Crippen molar-refractivity contribution in [1.29, 1.82) is 0 Å². The molecule has 14 nitrogen and oxygen atoms in total. The van der Waals surface area contributed by atoms with E-state index in [9.17, 15) is 24.0 Å². The highest BCUT2D eigenvalue weighted by atomic mass is 16.6. The lowest BCUT2D eigenvalue weighted by Crippen LogP contribution is -2.42. The average Bonchev–Trinajstić information content (AvgIpc) is 3.11. The first-order valence-electron chi connectivity index (χ1n) is 17.9. The Labute approximate surface area is 317 Å². The zero-order chi connectivity index (χ0) is 39.8. The summed E-state index contributed by atoms with van der Waals surface area (Å²) in [6.45, 7) is 9.80. The molecule has 54 heavy (non-hydrogen) atoms. The zero-order valence-corrected chi connectivity index (χ0v) is 32.2. The van der Waals surface area contributed by atoms with Crippen molar-refractivity contribution in [2.75, 3.05) is 44.1 Å². The number of rotatable bonds is 19. The highest BCUT2D eigenvalue weighted by molar-refractivity contribution is 6.09. The molecule has 0 fully saturated rings. The number of unbranched alkanes of at least 4 members (excludes halogenated alkanes) is 2. The molecule has 3 rings (SSSR count). The molecule has 0 saturated carbocycles. The van der Waals surface area contributed by atoms with E-state index >= 15 is 0 Å². The molecule has 0 aromatic heterocycles. The Morgan fingerprint density at radius 1 is 0.852 bits per heavy atom. The first kappa shape index (κ1) is 42.6. The molecule has 3 aromatic carbocycles. The fourth-order valence-corrected chi connectivity index (χ4v) is 5.10. The molecule has 5 N–H and O–H groups in total. The van der Waals surface area contributed by atoms with Gasteiger partial charge in [0.15, 0.2) is 0 Å². The number of nitrogens with one attached hydrogen (secondary N) is 3. The van der Waals surface area contributed by atoms with Crippen molar-refractivity contribution in [3.63, 3.8) is 0 Å². The largest absolute Gasteiger partial charge is 0.495 e. The number of amides is 5. The first-order chi connectivity index (χ1) is 25.6. The summed E-state index contributed by atoms with van der Waals surface area (Å²) in [5.74, 6) is -0.382. The molecular weight excluding hydrogens is 694 g/mol. The SMILES string of the molecule is COc1cc(C(=O)N(C)c2ccc(C)cc2OCCCCCC(=O)NC(C)C(N)=O)ccc1NC(=O)c1ccccc1OCCCNC(=O)OC(C)(C)C. The number of hydrogen-bond donors (Lipinski definition) is 4. The maximum absolute atomic E-state index is 13.7. The summed E-state index contributed by atoms with van der Waals surface area (Å²) in [7, 11) is 3.10. The third kappa shape index (κ3) is 13.6. The van der Waals surface area contributed by atoms with Crippen LogP contribution >= 0.6 is 0 Å². The van der Waals surface area contributed by atoms with E-state index in [1.165, 1.54) is 12.0 Å². The standard InChI is InChI=1S/C40H53N5O9/c1-26-17-20-31(34(24-26)53-22-12-8-9-16-35(46)43-27(2)36(41)47)45(6)38(49)28-18-19-30(33(25-28)51-7)44-37(48)29-14-10-11-15-32(29)52-23-13-21-42-39(50)54-40(3,4)5/h10-11,14-15,17-20,24-25,27H,8-9,12-13,16,21-23H2,1-7H3,(H2,41,47)(H,42,50)(H,43,46)(H,44,48). The Balaban J connectivity index is 1.59. The van der Waals surface area contributed by atoms with Crippen molar-refractivity contribution in [3.05, 3.63) is 77.4 Å².